The first-order valence-corrected chi connectivity index (χ1v) is 13.0. The summed E-state index contributed by atoms with van der Waals surface area (Å²) in [5.41, 5.74) is 2.48. The number of ether oxygens (including phenoxy) is 2. The SMILES string of the molecule is CCOc1cc(/C=C2\SC(=O)N(Cc3ccc(Cl)cc3)C2=O)c(Br)cc1OCc1ccc(Cl)cc1. The van der Waals surface area contributed by atoms with E-state index in [2.05, 4.69) is 15.9 Å². The van der Waals surface area contributed by atoms with E-state index in [0.29, 0.717) is 49.7 Å². The van der Waals surface area contributed by atoms with Crippen LogP contribution in [0.5, 0.6) is 11.5 Å². The summed E-state index contributed by atoms with van der Waals surface area (Å²) in [4.78, 5) is 27.1. The van der Waals surface area contributed by atoms with Crippen LogP contribution in [0.1, 0.15) is 23.6 Å². The Morgan fingerprint density at radius 2 is 1.51 bits per heavy atom. The summed E-state index contributed by atoms with van der Waals surface area (Å²) in [6, 6.07) is 18.0. The lowest BCUT2D eigenvalue weighted by atomic mass is 10.1. The quantitative estimate of drug-likeness (QED) is 0.248. The summed E-state index contributed by atoms with van der Waals surface area (Å²) in [6.07, 6.45) is 1.68. The van der Waals surface area contributed by atoms with Gasteiger partial charge in [0, 0.05) is 14.5 Å². The average molecular weight is 593 g/mol. The number of amides is 2. The molecule has 4 rings (SSSR count). The Bertz CT molecular complexity index is 1280. The molecule has 1 heterocycles. The first-order chi connectivity index (χ1) is 16.8. The van der Waals surface area contributed by atoms with Gasteiger partial charge in [0.1, 0.15) is 6.61 Å². The fourth-order valence-electron chi connectivity index (χ4n) is 3.33. The van der Waals surface area contributed by atoms with Crippen molar-refractivity contribution in [3.05, 3.63) is 96.8 Å². The van der Waals surface area contributed by atoms with Gasteiger partial charge in [0.15, 0.2) is 11.5 Å². The Labute approximate surface area is 226 Å². The average Bonchev–Trinajstić information content (AvgIpc) is 3.10. The molecule has 5 nitrogen and oxygen atoms in total. The van der Waals surface area contributed by atoms with Gasteiger partial charge in [0.25, 0.3) is 11.1 Å². The Hall–Kier alpha value is -2.45. The van der Waals surface area contributed by atoms with Crippen LogP contribution in [0.4, 0.5) is 4.79 Å². The van der Waals surface area contributed by atoms with Gasteiger partial charge in [-0.1, -0.05) is 63.4 Å². The zero-order chi connectivity index (χ0) is 24.9. The molecule has 2 amide bonds. The van der Waals surface area contributed by atoms with Gasteiger partial charge in [0.2, 0.25) is 0 Å². The van der Waals surface area contributed by atoms with Crippen LogP contribution in [0.3, 0.4) is 0 Å². The van der Waals surface area contributed by atoms with E-state index in [4.69, 9.17) is 32.7 Å². The van der Waals surface area contributed by atoms with E-state index in [1.807, 2.05) is 31.2 Å². The third-order valence-corrected chi connectivity index (χ3v) is 7.18. The van der Waals surface area contributed by atoms with Crippen LogP contribution in [-0.2, 0) is 17.9 Å². The third-order valence-electron chi connectivity index (χ3n) is 5.08. The molecule has 0 aliphatic carbocycles. The summed E-state index contributed by atoms with van der Waals surface area (Å²) < 4.78 is 12.5. The lowest BCUT2D eigenvalue weighted by molar-refractivity contribution is -0.123. The number of carbonyl (C=O) groups excluding carboxylic acids is 2. The fourth-order valence-corrected chi connectivity index (χ4v) is 4.85. The summed E-state index contributed by atoms with van der Waals surface area (Å²) in [5, 5.41) is 0.937. The van der Waals surface area contributed by atoms with Crippen LogP contribution in [0.25, 0.3) is 6.08 Å². The van der Waals surface area contributed by atoms with Crippen molar-refractivity contribution in [3.63, 3.8) is 0 Å². The van der Waals surface area contributed by atoms with Gasteiger partial charge in [0.05, 0.1) is 18.1 Å². The highest BCUT2D eigenvalue weighted by atomic mass is 79.9. The van der Waals surface area contributed by atoms with E-state index in [0.717, 1.165) is 22.9 Å². The number of thioether (sulfide) groups is 1. The van der Waals surface area contributed by atoms with Crippen molar-refractivity contribution in [1.29, 1.82) is 0 Å². The second-order valence-electron chi connectivity index (χ2n) is 7.56. The number of carbonyl (C=O) groups is 2. The summed E-state index contributed by atoms with van der Waals surface area (Å²) >= 11 is 16.3. The minimum absolute atomic E-state index is 0.183. The summed E-state index contributed by atoms with van der Waals surface area (Å²) in [5.74, 6) is 0.751. The van der Waals surface area contributed by atoms with Gasteiger partial charge in [-0.15, -0.1) is 0 Å². The Morgan fingerprint density at radius 1 is 0.914 bits per heavy atom. The monoisotopic (exact) mass is 591 g/mol. The first kappa shape index (κ1) is 25.6. The van der Waals surface area contributed by atoms with E-state index in [9.17, 15) is 9.59 Å². The number of halogens is 3. The predicted octanol–water partition coefficient (Wildman–Crippen LogP) is 7.97. The van der Waals surface area contributed by atoms with E-state index >= 15 is 0 Å². The molecule has 0 unspecified atom stereocenters. The lowest BCUT2D eigenvalue weighted by Crippen LogP contribution is -2.27. The molecule has 3 aromatic rings. The standard InChI is InChI=1S/C26H20BrCl2NO4S/c1-2-33-22-11-18(21(27)13-23(22)34-15-17-5-9-20(29)10-6-17)12-24-25(31)30(26(32)35-24)14-16-3-7-19(28)8-4-16/h3-13H,2,14-15H2,1H3/b24-12-. The van der Waals surface area contributed by atoms with Crippen molar-refractivity contribution in [2.45, 2.75) is 20.1 Å². The normalized spacial score (nSPS) is 14.6. The molecule has 9 heteroatoms. The van der Waals surface area contributed by atoms with Crippen molar-refractivity contribution in [1.82, 2.24) is 4.90 Å². The van der Waals surface area contributed by atoms with Crippen LogP contribution < -0.4 is 9.47 Å². The van der Waals surface area contributed by atoms with Crippen molar-refractivity contribution >= 4 is 68.1 Å². The highest BCUT2D eigenvalue weighted by molar-refractivity contribution is 9.10. The maximum Gasteiger partial charge on any atom is 0.293 e. The molecule has 1 aliphatic rings. The number of hydrogen-bond donors (Lipinski definition) is 0. The third kappa shape index (κ3) is 6.41. The zero-order valence-electron chi connectivity index (χ0n) is 18.6. The highest BCUT2D eigenvalue weighted by Gasteiger charge is 2.35. The zero-order valence-corrected chi connectivity index (χ0v) is 22.5. The molecule has 35 heavy (non-hydrogen) atoms. The van der Waals surface area contributed by atoms with E-state index in [1.54, 1.807) is 42.5 Å². The summed E-state index contributed by atoms with van der Waals surface area (Å²) in [7, 11) is 0. The molecule has 0 bridgehead atoms. The Balaban J connectivity index is 1.54. The molecular formula is C26H20BrCl2NO4S. The second-order valence-corrected chi connectivity index (χ2v) is 10.3. The summed E-state index contributed by atoms with van der Waals surface area (Å²) in [6.45, 7) is 2.84. The van der Waals surface area contributed by atoms with Gasteiger partial charge < -0.3 is 9.47 Å². The van der Waals surface area contributed by atoms with Crippen LogP contribution in [-0.4, -0.2) is 22.7 Å². The molecule has 0 aromatic heterocycles. The smallest absolute Gasteiger partial charge is 0.293 e. The van der Waals surface area contributed by atoms with Gasteiger partial charge in [-0.2, -0.15) is 0 Å². The van der Waals surface area contributed by atoms with Crippen LogP contribution in [0.15, 0.2) is 70.0 Å². The molecule has 1 fully saturated rings. The Morgan fingerprint density at radius 3 is 2.14 bits per heavy atom. The van der Waals surface area contributed by atoms with Gasteiger partial charge in [-0.25, -0.2) is 0 Å². The molecule has 0 spiro atoms. The van der Waals surface area contributed by atoms with Crippen molar-refractivity contribution in [2.75, 3.05) is 6.61 Å². The van der Waals surface area contributed by atoms with E-state index < -0.39 is 0 Å². The molecule has 1 aliphatic heterocycles. The van der Waals surface area contributed by atoms with Crippen molar-refractivity contribution in [3.8, 4) is 11.5 Å². The molecule has 0 atom stereocenters. The second kappa shape index (κ2) is 11.5. The molecular weight excluding hydrogens is 573 g/mol. The number of hydrogen-bond acceptors (Lipinski definition) is 5. The topological polar surface area (TPSA) is 55.8 Å². The number of rotatable bonds is 8. The van der Waals surface area contributed by atoms with Crippen LogP contribution in [0, 0.1) is 0 Å². The van der Waals surface area contributed by atoms with Crippen LogP contribution >= 0.6 is 50.9 Å². The van der Waals surface area contributed by atoms with Crippen LogP contribution in [0.2, 0.25) is 10.0 Å². The molecule has 1 saturated heterocycles. The molecule has 0 saturated carbocycles. The number of benzene rings is 3. The van der Waals surface area contributed by atoms with Gasteiger partial charge in [-0.3, -0.25) is 14.5 Å². The maximum atomic E-state index is 13.0. The van der Waals surface area contributed by atoms with E-state index in [-0.39, 0.29) is 17.7 Å². The first-order valence-electron chi connectivity index (χ1n) is 10.7. The maximum absolute atomic E-state index is 13.0. The minimum Gasteiger partial charge on any atom is -0.490 e. The highest BCUT2D eigenvalue weighted by Crippen LogP contribution is 2.39. The van der Waals surface area contributed by atoms with Gasteiger partial charge >= 0.3 is 0 Å². The molecule has 3 aromatic carbocycles. The molecule has 0 radical (unpaired) electrons. The largest absolute Gasteiger partial charge is 0.490 e. The lowest BCUT2D eigenvalue weighted by Gasteiger charge is -2.14. The van der Waals surface area contributed by atoms with Crippen molar-refractivity contribution < 1.29 is 19.1 Å². The number of nitrogens with zero attached hydrogens (tertiary/aromatic N) is 1. The fraction of sp³-hybridized carbons (Fsp3) is 0.154. The minimum atomic E-state index is -0.345. The molecule has 180 valence electrons. The number of imide groups is 1. The Kier molecular flexibility index (Phi) is 8.44. The molecule has 0 N–H and O–H groups in total. The van der Waals surface area contributed by atoms with Gasteiger partial charge in [-0.05, 0) is 77.9 Å². The van der Waals surface area contributed by atoms with Crippen molar-refractivity contribution in [2.24, 2.45) is 0 Å². The van der Waals surface area contributed by atoms with E-state index in [1.165, 1.54) is 4.90 Å². The predicted molar refractivity (Wildman–Crippen MR) is 144 cm³/mol.